The molecule has 1 aromatic rings. The summed E-state index contributed by atoms with van der Waals surface area (Å²) in [6.07, 6.45) is 21.5. The summed E-state index contributed by atoms with van der Waals surface area (Å²) in [5, 5.41) is 2.97. The molecule has 4 heteroatoms. The zero-order valence-corrected chi connectivity index (χ0v) is 22.0. The minimum Gasteiger partial charge on any atom is -0.446 e. The van der Waals surface area contributed by atoms with Crippen molar-refractivity contribution in [2.75, 3.05) is 6.54 Å². The van der Waals surface area contributed by atoms with Crippen LogP contribution in [0.1, 0.15) is 97.0 Å². The first-order valence-corrected chi connectivity index (χ1v) is 14.2. The summed E-state index contributed by atoms with van der Waals surface area (Å²) in [5.41, 5.74) is 4.94. The number of nitrogens with one attached hydrogen (secondary N) is 1. The smallest absolute Gasteiger partial charge is 0.407 e. The van der Waals surface area contributed by atoms with E-state index < -0.39 is 0 Å². The van der Waals surface area contributed by atoms with Crippen LogP contribution in [-0.2, 0) is 4.74 Å². The summed E-state index contributed by atoms with van der Waals surface area (Å²) in [6.45, 7) is 7.97. The molecule has 4 aliphatic carbocycles. The Balaban J connectivity index is 1.22. The predicted molar refractivity (Wildman–Crippen MR) is 142 cm³/mol. The van der Waals surface area contributed by atoms with E-state index in [-0.39, 0.29) is 23.0 Å². The number of carbonyl (C=O) groups excluding carboxylic acids is 1. The normalized spacial score (nSPS) is 35.7. The Morgan fingerprint density at radius 2 is 1.94 bits per heavy atom. The van der Waals surface area contributed by atoms with E-state index in [2.05, 4.69) is 55.4 Å². The van der Waals surface area contributed by atoms with E-state index in [0.29, 0.717) is 0 Å². The van der Waals surface area contributed by atoms with Crippen molar-refractivity contribution in [1.29, 1.82) is 0 Å². The molecule has 0 spiro atoms. The maximum atomic E-state index is 12.4. The van der Waals surface area contributed by atoms with E-state index in [4.69, 9.17) is 4.74 Å². The summed E-state index contributed by atoms with van der Waals surface area (Å²) >= 11 is 0. The Morgan fingerprint density at radius 1 is 1.09 bits per heavy atom. The molecular formula is C31H44N2O2. The molecule has 1 N–H and O–H groups in total. The third-order valence-electron chi connectivity index (χ3n) is 10.2. The van der Waals surface area contributed by atoms with Crippen molar-refractivity contribution in [2.24, 2.45) is 28.6 Å². The van der Waals surface area contributed by atoms with E-state index in [9.17, 15) is 4.79 Å². The fraction of sp³-hybridized carbons (Fsp3) is 0.677. The Bertz CT molecular complexity index is 969. The number of unbranched alkanes of at least 4 members (excludes halogenated alkanes) is 3. The van der Waals surface area contributed by atoms with Crippen molar-refractivity contribution >= 4 is 11.7 Å². The number of nitrogens with zero attached hydrogens (tertiary/aromatic N) is 1. The van der Waals surface area contributed by atoms with Crippen LogP contribution < -0.4 is 5.32 Å². The van der Waals surface area contributed by atoms with Gasteiger partial charge in [0.25, 0.3) is 0 Å². The lowest BCUT2D eigenvalue weighted by Gasteiger charge is -2.57. The number of pyridine rings is 1. The topological polar surface area (TPSA) is 51.2 Å². The standard InChI is InChI=1S/C31H44N2O2/c1-4-5-6-7-19-33-29(34)35-24-14-16-30(2)23(20-24)10-11-25-27-13-12-26(22-9-8-18-32-21-22)31(27,3)17-15-28(25)30/h8-10,12,18,21,24-25,27-28H,4-7,11,13-17,19-20H2,1-3H3,(H,33,34). The lowest BCUT2D eigenvalue weighted by molar-refractivity contribution is -0.0262. The quantitative estimate of drug-likeness (QED) is 0.324. The van der Waals surface area contributed by atoms with Crippen LogP contribution in [0, 0.1) is 28.6 Å². The molecule has 4 aliphatic rings. The van der Waals surface area contributed by atoms with Crippen molar-refractivity contribution < 1.29 is 9.53 Å². The molecule has 6 unspecified atom stereocenters. The second-order valence-corrected chi connectivity index (χ2v) is 12.1. The summed E-state index contributed by atoms with van der Waals surface area (Å²) in [5.74, 6) is 2.21. The van der Waals surface area contributed by atoms with Crippen molar-refractivity contribution in [1.82, 2.24) is 10.3 Å². The van der Waals surface area contributed by atoms with Gasteiger partial charge in [-0.05, 0) is 90.7 Å². The van der Waals surface area contributed by atoms with Gasteiger partial charge in [0.15, 0.2) is 0 Å². The van der Waals surface area contributed by atoms with E-state index in [1.807, 2.05) is 12.4 Å². The Hall–Kier alpha value is -2.10. The molecule has 5 rings (SSSR count). The van der Waals surface area contributed by atoms with Gasteiger partial charge in [-0.2, -0.15) is 0 Å². The van der Waals surface area contributed by atoms with E-state index in [1.165, 1.54) is 56.1 Å². The molecule has 1 amide bonds. The summed E-state index contributed by atoms with van der Waals surface area (Å²) in [7, 11) is 0. The second-order valence-electron chi connectivity index (χ2n) is 12.1. The van der Waals surface area contributed by atoms with Crippen LogP contribution in [0.5, 0.6) is 0 Å². The highest BCUT2D eigenvalue weighted by Crippen LogP contribution is 2.66. The first-order chi connectivity index (χ1) is 17.0. The van der Waals surface area contributed by atoms with Crippen LogP contribution in [0.2, 0.25) is 0 Å². The molecule has 2 fully saturated rings. The highest BCUT2D eigenvalue weighted by Gasteiger charge is 2.57. The molecule has 6 atom stereocenters. The maximum absolute atomic E-state index is 12.4. The van der Waals surface area contributed by atoms with Gasteiger partial charge in [0.2, 0.25) is 0 Å². The average Bonchev–Trinajstić information content (AvgIpc) is 3.22. The molecule has 0 bridgehead atoms. The molecular weight excluding hydrogens is 432 g/mol. The minimum absolute atomic E-state index is 0.0284. The molecule has 0 saturated heterocycles. The Kier molecular flexibility index (Phi) is 7.10. The first kappa shape index (κ1) is 24.6. The Morgan fingerprint density at radius 3 is 2.74 bits per heavy atom. The number of hydrogen-bond donors (Lipinski definition) is 1. The van der Waals surface area contributed by atoms with Gasteiger partial charge in [0.05, 0.1) is 0 Å². The summed E-state index contributed by atoms with van der Waals surface area (Å²) < 4.78 is 5.87. The van der Waals surface area contributed by atoms with Crippen molar-refractivity contribution in [3.05, 3.63) is 47.8 Å². The average molecular weight is 477 g/mol. The van der Waals surface area contributed by atoms with Crippen molar-refractivity contribution in [2.45, 2.75) is 97.5 Å². The SMILES string of the molecule is CCCCCCNC(=O)OC1CCC2(C)C(=CCC3C2CCC2(C)C(c4cccnc4)=CCC32)C1. The van der Waals surface area contributed by atoms with Crippen LogP contribution in [0.3, 0.4) is 0 Å². The predicted octanol–water partition coefficient (Wildman–Crippen LogP) is 7.71. The zero-order valence-electron chi connectivity index (χ0n) is 22.0. The lowest BCUT2D eigenvalue weighted by atomic mass is 9.47. The van der Waals surface area contributed by atoms with Gasteiger partial charge in [0, 0.05) is 25.4 Å². The molecule has 4 nitrogen and oxygen atoms in total. The lowest BCUT2D eigenvalue weighted by Crippen LogP contribution is -2.50. The van der Waals surface area contributed by atoms with Gasteiger partial charge in [-0.25, -0.2) is 4.79 Å². The van der Waals surface area contributed by atoms with Gasteiger partial charge in [-0.1, -0.05) is 63.8 Å². The zero-order chi connectivity index (χ0) is 24.5. The fourth-order valence-electron chi connectivity index (χ4n) is 8.20. The third-order valence-corrected chi connectivity index (χ3v) is 10.2. The van der Waals surface area contributed by atoms with Gasteiger partial charge in [-0.15, -0.1) is 0 Å². The van der Waals surface area contributed by atoms with Crippen molar-refractivity contribution in [3.63, 3.8) is 0 Å². The van der Waals surface area contributed by atoms with Crippen LogP contribution in [0.4, 0.5) is 4.79 Å². The van der Waals surface area contributed by atoms with Gasteiger partial charge in [-0.3, -0.25) is 4.98 Å². The number of aromatic nitrogens is 1. The molecule has 2 saturated carbocycles. The molecule has 0 radical (unpaired) electrons. The highest BCUT2D eigenvalue weighted by atomic mass is 16.6. The van der Waals surface area contributed by atoms with Crippen molar-refractivity contribution in [3.8, 4) is 0 Å². The molecule has 0 aliphatic heterocycles. The largest absolute Gasteiger partial charge is 0.446 e. The highest BCUT2D eigenvalue weighted by molar-refractivity contribution is 5.72. The van der Waals surface area contributed by atoms with E-state index >= 15 is 0 Å². The monoisotopic (exact) mass is 476 g/mol. The maximum Gasteiger partial charge on any atom is 0.407 e. The fourth-order valence-corrected chi connectivity index (χ4v) is 8.20. The molecule has 190 valence electrons. The van der Waals surface area contributed by atoms with Crippen LogP contribution in [-0.4, -0.2) is 23.7 Å². The number of rotatable bonds is 7. The van der Waals surface area contributed by atoms with E-state index in [0.717, 1.165) is 50.0 Å². The summed E-state index contributed by atoms with van der Waals surface area (Å²) in [6, 6.07) is 4.31. The van der Waals surface area contributed by atoms with Crippen LogP contribution >= 0.6 is 0 Å². The number of hydrogen-bond acceptors (Lipinski definition) is 3. The number of ether oxygens (including phenoxy) is 1. The molecule has 0 aromatic carbocycles. The third kappa shape index (κ3) is 4.58. The van der Waals surface area contributed by atoms with Gasteiger partial charge >= 0.3 is 6.09 Å². The Labute approximate surface area is 212 Å². The molecule has 1 heterocycles. The molecule has 1 aromatic heterocycles. The number of amides is 1. The summed E-state index contributed by atoms with van der Waals surface area (Å²) in [4.78, 5) is 16.8. The number of fused-ring (bicyclic) bond motifs is 5. The van der Waals surface area contributed by atoms with Crippen LogP contribution in [0.15, 0.2) is 42.3 Å². The number of allylic oxidation sites excluding steroid dienone is 3. The van der Waals surface area contributed by atoms with Gasteiger partial charge < -0.3 is 10.1 Å². The second kappa shape index (κ2) is 10.1. The van der Waals surface area contributed by atoms with E-state index in [1.54, 1.807) is 5.57 Å². The minimum atomic E-state index is -0.224. The molecule has 35 heavy (non-hydrogen) atoms. The number of alkyl carbamates (subject to hydrolysis) is 1. The van der Waals surface area contributed by atoms with Crippen LogP contribution in [0.25, 0.3) is 5.57 Å². The van der Waals surface area contributed by atoms with Gasteiger partial charge in [0.1, 0.15) is 6.10 Å². The first-order valence-electron chi connectivity index (χ1n) is 14.2. The number of carbonyl (C=O) groups is 1.